The normalized spacial score (nSPS) is 17.5. The number of likely N-dealkylation sites (tertiary alicyclic amines) is 1. The second-order valence-corrected chi connectivity index (χ2v) is 7.57. The molecule has 1 saturated heterocycles. The Hall–Kier alpha value is -1.81. The molecule has 0 spiro atoms. The Kier molecular flexibility index (Phi) is 4.71. The van der Waals surface area contributed by atoms with Crippen molar-refractivity contribution in [2.45, 2.75) is 39.7 Å². The predicted molar refractivity (Wildman–Crippen MR) is 94.2 cm³/mol. The second-order valence-electron chi connectivity index (χ2n) is 6.25. The van der Waals surface area contributed by atoms with Gasteiger partial charge in [0.1, 0.15) is 5.75 Å². The molecule has 2 aromatic rings. The number of hydrogen-bond donors (Lipinski definition) is 0. The first-order valence-corrected chi connectivity index (χ1v) is 8.92. The van der Waals surface area contributed by atoms with Crippen molar-refractivity contribution in [2.75, 3.05) is 13.2 Å². The number of aryl methyl sites for hydroxylation is 3. The molecule has 2 heterocycles. The van der Waals surface area contributed by atoms with Gasteiger partial charge < -0.3 is 9.64 Å². The van der Waals surface area contributed by atoms with Crippen LogP contribution in [-0.2, 0) is 4.79 Å². The molecule has 3 nitrogen and oxygen atoms in total. The molecule has 0 aliphatic carbocycles. The molecule has 1 unspecified atom stereocenters. The van der Waals surface area contributed by atoms with Crippen LogP contribution in [0.4, 0.5) is 0 Å². The van der Waals surface area contributed by atoms with Crippen LogP contribution in [0.2, 0.25) is 0 Å². The van der Waals surface area contributed by atoms with Crippen LogP contribution < -0.4 is 4.74 Å². The fourth-order valence-electron chi connectivity index (χ4n) is 3.18. The maximum Gasteiger partial charge on any atom is 0.261 e. The maximum absolute atomic E-state index is 12.6. The van der Waals surface area contributed by atoms with E-state index in [-0.39, 0.29) is 18.6 Å². The summed E-state index contributed by atoms with van der Waals surface area (Å²) in [5.41, 5.74) is 2.28. The van der Waals surface area contributed by atoms with E-state index < -0.39 is 0 Å². The van der Waals surface area contributed by atoms with Crippen molar-refractivity contribution in [2.24, 2.45) is 0 Å². The fraction of sp³-hybridized carbons (Fsp3) is 0.421. The van der Waals surface area contributed by atoms with Gasteiger partial charge in [0.2, 0.25) is 0 Å². The second kappa shape index (κ2) is 6.75. The molecule has 3 rings (SSSR count). The molecule has 23 heavy (non-hydrogen) atoms. The van der Waals surface area contributed by atoms with Crippen LogP contribution in [0.3, 0.4) is 0 Å². The molecule has 0 saturated carbocycles. The zero-order chi connectivity index (χ0) is 16.4. The van der Waals surface area contributed by atoms with Crippen molar-refractivity contribution in [3.8, 4) is 5.75 Å². The van der Waals surface area contributed by atoms with Gasteiger partial charge in [0.25, 0.3) is 5.91 Å². The number of carbonyl (C=O) groups excluding carboxylic acids is 1. The monoisotopic (exact) mass is 329 g/mol. The first-order valence-electron chi connectivity index (χ1n) is 8.10. The van der Waals surface area contributed by atoms with Crippen molar-refractivity contribution < 1.29 is 9.53 Å². The quantitative estimate of drug-likeness (QED) is 0.831. The third-order valence-electron chi connectivity index (χ3n) is 4.34. The first kappa shape index (κ1) is 16.1. The van der Waals surface area contributed by atoms with Crippen LogP contribution in [-0.4, -0.2) is 24.0 Å². The van der Waals surface area contributed by atoms with Crippen molar-refractivity contribution in [1.82, 2.24) is 4.90 Å². The largest absolute Gasteiger partial charge is 0.483 e. The van der Waals surface area contributed by atoms with Gasteiger partial charge in [-0.1, -0.05) is 17.7 Å². The highest BCUT2D eigenvalue weighted by atomic mass is 32.1. The van der Waals surface area contributed by atoms with Crippen LogP contribution in [0.1, 0.15) is 39.8 Å². The zero-order valence-corrected chi connectivity index (χ0v) is 14.8. The number of ether oxygens (including phenoxy) is 1. The number of rotatable bonds is 4. The average Bonchev–Trinajstić information content (AvgIpc) is 3.14. The lowest BCUT2D eigenvalue weighted by Gasteiger charge is -2.24. The van der Waals surface area contributed by atoms with Crippen LogP contribution in [0, 0.1) is 20.8 Å². The molecule has 1 aromatic carbocycles. The van der Waals surface area contributed by atoms with Gasteiger partial charge in [0.15, 0.2) is 6.61 Å². The van der Waals surface area contributed by atoms with Gasteiger partial charge in [-0.2, -0.15) is 0 Å². The fourth-order valence-corrected chi connectivity index (χ4v) is 4.20. The Balaban J connectivity index is 1.65. The molecular weight excluding hydrogens is 306 g/mol. The van der Waals surface area contributed by atoms with Crippen molar-refractivity contribution in [3.05, 3.63) is 51.2 Å². The zero-order valence-electron chi connectivity index (χ0n) is 14.0. The number of thiophene rings is 1. The summed E-state index contributed by atoms with van der Waals surface area (Å²) >= 11 is 1.79. The molecule has 122 valence electrons. The molecule has 1 atom stereocenters. The highest BCUT2D eigenvalue weighted by molar-refractivity contribution is 7.12. The number of benzene rings is 1. The number of hydrogen-bond acceptors (Lipinski definition) is 3. The van der Waals surface area contributed by atoms with E-state index in [9.17, 15) is 4.79 Å². The summed E-state index contributed by atoms with van der Waals surface area (Å²) in [6.07, 6.45) is 2.12. The summed E-state index contributed by atoms with van der Waals surface area (Å²) in [6.45, 7) is 7.12. The molecule has 1 aromatic heterocycles. The van der Waals surface area contributed by atoms with E-state index >= 15 is 0 Å². The lowest BCUT2D eigenvalue weighted by molar-refractivity contribution is -0.134. The van der Waals surface area contributed by atoms with E-state index in [1.54, 1.807) is 11.3 Å². The summed E-state index contributed by atoms with van der Waals surface area (Å²) in [5.74, 6) is 0.880. The van der Waals surface area contributed by atoms with Crippen molar-refractivity contribution >= 4 is 17.2 Å². The highest BCUT2D eigenvalue weighted by Gasteiger charge is 2.30. The minimum absolute atomic E-state index is 0.0820. The van der Waals surface area contributed by atoms with E-state index in [2.05, 4.69) is 32.0 Å². The molecule has 1 amide bonds. The summed E-state index contributed by atoms with van der Waals surface area (Å²) in [7, 11) is 0. The Labute approximate surface area is 141 Å². The smallest absolute Gasteiger partial charge is 0.261 e. The lowest BCUT2D eigenvalue weighted by Crippen LogP contribution is -2.34. The van der Waals surface area contributed by atoms with Gasteiger partial charge >= 0.3 is 0 Å². The SMILES string of the molecule is Cc1ccc(OCC(=O)N2CCCC2c2ccc(C)s2)c(C)c1. The van der Waals surface area contributed by atoms with Crippen LogP contribution >= 0.6 is 11.3 Å². The van der Waals surface area contributed by atoms with Crippen LogP contribution in [0.15, 0.2) is 30.3 Å². The summed E-state index contributed by atoms with van der Waals surface area (Å²) in [4.78, 5) is 17.2. The molecule has 1 fully saturated rings. The van der Waals surface area contributed by atoms with Gasteiger partial charge in [-0.25, -0.2) is 0 Å². The molecule has 0 bridgehead atoms. The number of nitrogens with zero attached hydrogens (tertiary/aromatic N) is 1. The van der Waals surface area contributed by atoms with Crippen molar-refractivity contribution in [1.29, 1.82) is 0 Å². The van der Waals surface area contributed by atoms with E-state index in [0.717, 1.165) is 30.7 Å². The predicted octanol–water partition coefficient (Wildman–Crippen LogP) is 4.42. The van der Waals surface area contributed by atoms with Gasteiger partial charge in [-0.05, 0) is 57.4 Å². The first-order chi connectivity index (χ1) is 11.0. The average molecular weight is 329 g/mol. The summed E-state index contributed by atoms with van der Waals surface area (Å²) in [5, 5.41) is 0. The van der Waals surface area contributed by atoms with Gasteiger partial charge in [0.05, 0.1) is 6.04 Å². The molecule has 0 N–H and O–H groups in total. The number of carbonyl (C=O) groups is 1. The minimum Gasteiger partial charge on any atom is -0.483 e. The van der Waals surface area contributed by atoms with E-state index in [0.29, 0.717) is 0 Å². The van der Waals surface area contributed by atoms with E-state index in [4.69, 9.17) is 4.74 Å². The van der Waals surface area contributed by atoms with Crippen LogP contribution in [0.5, 0.6) is 5.75 Å². The van der Waals surface area contributed by atoms with E-state index in [1.165, 1.54) is 15.3 Å². The topological polar surface area (TPSA) is 29.5 Å². The molecule has 4 heteroatoms. The Bertz CT molecular complexity index is 707. The number of amides is 1. The molecular formula is C19H23NO2S. The maximum atomic E-state index is 12.6. The Morgan fingerprint density at radius 2 is 2.09 bits per heavy atom. The molecule has 0 radical (unpaired) electrons. The standard InChI is InChI=1S/C19H23NO2S/c1-13-6-8-17(14(2)11-13)22-12-19(21)20-10-4-5-16(20)18-9-7-15(3)23-18/h6-9,11,16H,4-5,10,12H2,1-3H3. The van der Waals surface area contributed by atoms with Crippen molar-refractivity contribution in [3.63, 3.8) is 0 Å². The Morgan fingerprint density at radius 3 is 2.78 bits per heavy atom. The van der Waals surface area contributed by atoms with Crippen LogP contribution in [0.25, 0.3) is 0 Å². The highest BCUT2D eigenvalue weighted by Crippen LogP contribution is 2.35. The van der Waals surface area contributed by atoms with Gasteiger partial charge in [-0.3, -0.25) is 4.79 Å². The van der Waals surface area contributed by atoms with Gasteiger partial charge in [0, 0.05) is 16.3 Å². The van der Waals surface area contributed by atoms with E-state index in [1.807, 2.05) is 24.0 Å². The Morgan fingerprint density at radius 1 is 1.26 bits per heavy atom. The van der Waals surface area contributed by atoms with Gasteiger partial charge in [-0.15, -0.1) is 11.3 Å². The third kappa shape index (κ3) is 3.58. The summed E-state index contributed by atoms with van der Waals surface area (Å²) < 4.78 is 5.77. The third-order valence-corrected chi connectivity index (χ3v) is 5.45. The minimum atomic E-state index is 0.0820. The molecule has 1 aliphatic heterocycles. The molecule has 1 aliphatic rings. The summed E-state index contributed by atoms with van der Waals surface area (Å²) in [6, 6.07) is 10.5. The lowest BCUT2D eigenvalue weighted by atomic mass is 10.1.